The lowest BCUT2D eigenvalue weighted by Crippen LogP contribution is -2.67. The molecule has 4 aliphatic rings. The minimum absolute atomic E-state index is 0.0921. The van der Waals surface area contributed by atoms with Gasteiger partial charge in [0, 0.05) is 11.8 Å². The summed E-state index contributed by atoms with van der Waals surface area (Å²) in [4.78, 5) is 27.5. The normalized spacial score (nSPS) is 29.9. The summed E-state index contributed by atoms with van der Waals surface area (Å²) in [6, 6.07) is 9.16. The molecule has 4 atom stereocenters. The van der Waals surface area contributed by atoms with Crippen LogP contribution >= 0.6 is 0 Å². The second-order valence-electron chi connectivity index (χ2n) is 10.8. The van der Waals surface area contributed by atoms with Gasteiger partial charge in [0.05, 0.1) is 17.3 Å². The molecule has 0 spiro atoms. The zero-order valence-electron chi connectivity index (χ0n) is 18.0. The molecule has 29 heavy (non-hydrogen) atoms. The third kappa shape index (κ3) is 2.06. The highest BCUT2D eigenvalue weighted by atomic mass is 16.2. The zero-order chi connectivity index (χ0) is 20.9. The molecule has 1 aromatic carbocycles. The Bertz CT molecular complexity index is 1180. The summed E-state index contributed by atoms with van der Waals surface area (Å²) in [5.41, 5.74) is 0.482. The zero-order valence-corrected chi connectivity index (χ0v) is 18.0. The third-order valence-corrected chi connectivity index (χ3v) is 7.19. The van der Waals surface area contributed by atoms with Crippen LogP contribution in [0, 0.1) is 22.7 Å². The van der Waals surface area contributed by atoms with E-state index >= 15 is 0 Å². The summed E-state index contributed by atoms with van der Waals surface area (Å²) < 4.78 is 4.90. The van der Waals surface area contributed by atoms with Gasteiger partial charge in [0.25, 0.3) is 0 Å². The molecule has 0 saturated heterocycles. The number of hydrogen-bond acceptors (Lipinski definition) is 2. The molecule has 0 amide bonds. The highest BCUT2D eigenvalue weighted by Gasteiger charge is 2.64. The van der Waals surface area contributed by atoms with E-state index < -0.39 is 5.54 Å². The van der Waals surface area contributed by atoms with Crippen molar-refractivity contribution in [3.05, 3.63) is 75.1 Å². The van der Waals surface area contributed by atoms with Crippen molar-refractivity contribution in [1.82, 2.24) is 13.9 Å². The van der Waals surface area contributed by atoms with E-state index in [2.05, 4.69) is 59.8 Å². The van der Waals surface area contributed by atoms with E-state index in [0.717, 1.165) is 0 Å². The molecule has 2 aromatic rings. The quantitative estimate of drug-likeness (QED) is 0.693. The Morgan fingerprint density at radius 2 is 1.55 bits per heavy atom. The Hall–Kier alpha value is -2.56. The van der Waals surface area contributed by atoms with Crippen LogP contribution in [0.25, 0.3) is 5.69 Å². The number of aromatic nitrogens is 3. The Morgan fingerprint density at radius 3 is 2.07 bits per heavy atom. The average Bonchev–Trinajstić information content (AvgIpc) is 2.86. The second kappa shape index (κ2) is 5.32. The van der Waals surface area contributed by atoms with Crippen LogP contribution in [0.15, 0.2) is 63.7 Å². The van der Waals surface area contributed by atoms with Crippen molar-refractivity contribution < 1.29 is 0 Å². The first kappa shape index (κ1) is 18.5. The number of hydrogen-bond donors (Lipinski definition) is 0. The summed E-state index contributed by atoms with van der Waals surface area (Å²) in [6.07, 6.45) is 6.80. The molecule has 0 unspecified atom stereocenters. The van der Waals surface area contributed by atoms with Crippen LogP contribution < -0.4 is 11.4 Å². The highest BCUT2D eigenvalue weighted by molar-refractivity contribution is 5.42. The van der Waals surface area contributed by atoms with Crippen LogP contribution in [0.4, 0.5) is 0 Å². The van der Waals surface area contributed by atoms with Gasteiger partial charge in [-0.3, -0.25) is 0 Å². The molecule has 5 heteroatoms. The van der Waals surface area contributed by atoms with E-state index in [4.69, 9.17) is 0 Å². The molecule has 2 aliphatic heterocycles. The molecular formula is C24H29N3O2. The maximum absolute atomic E-state index is 13.8. The monoisotopic (exact) mass is 391 g/mol. The predicted octanol–water partition coefficient (Wildman–Crippen LogP) is 3.89. The lowest BCUT2D eigenvalue weighted by molar-refractivity contribution is -0.0372. The number of benzene rings is 1. The van der Waals surface area contributed by atoms with Crippen molar-refractivity contribution in [2.75, 3.05) is 0 Å². The van der Waals surface area contributed by atoms with Gasteiger partial charge in [0.2, 0.25) is 0 Å². The molecule has 0 fully saturated rings. The van der Waals surface area contributed by atoms with Gasteiger partial charge in [-0.25, -0.2) is 23.5 Å². The van der Waals surface area contributed by atoms with Crippen LogP contribution in [0.2, 0.25) is 0 Å². The van der Waals surface area contributed by atoms with Gasteiger partial charge in [0.1, 0.15) is 0 Å². The van der Waals surface area contributed by atoms with E-state index in [0.29, 0.717) is 5.69 Å². The van der Waals surface area contributed by atoms with Crippen molar-refractivity contribution in [3.8, 4) is 5.69 Å². The van der Waals surface area contributed by atoms with Crippen molar-refractivity contribution >= 4 is 0 Å². The minimum atomic E-state index is -0.569. The van der Waals surface area contributed by atoms with E-state index in [9.17, 15) is 9.59 Å². The number of nitrogens with zero attached hydrogens (tertiary/aromatic N) is 3. The summed E-state index contributed by atoms with van der Waals surface area (Å²) >= 11 is 0. The van der Waals surface area contributed by atoms with Gasteiger partial charge in [-0.2, -0.15) is 0 Å². The van der Waals surface area contributed by atoms with Crippen molar-refractivity contribution in [3.63, 3.8) is 0 Å². The summed E-state index contributed by atoms with van der Waals surface area (Å²) in [7, 11) is 0. The van der Waals surface area contributed by atoms with Gasteiger partial charge >= 0.3 is 11.4 Å². The average molecular weight is 392 g/mol. The lowest BCUT2D eigenvalue weighted by atomic mass is 9.50. The first-order valence-electron chi connectivity index (χ1n) is 10.4. The predicted molar refractivity (Wildman–Crippen MR) is 114 cm³/mol. The molecule has 2 bridgehead atoms. The first-order valence-corrected chi connectivity index (χ1v) is 10.4. The van der Waals surface area contributed by atoms with Crippen LogP contribution in [-0.2, 0) is 5.54 Å². The second-order valence-corrected chi connectivity index (χ2v) is 10.8. The Balaban J connectivity index is 1.92. The molecule has 0 N–H and O–H groups in total. The molecule has 152 valence electrons. The van der Waals surface area contributed by atoms with Crippen molar-refractivity contribution in [2.45, 2.75) is 53.1 Å². The van der Waals surface area contributed by atoms with E-state index in [1.165, 1.54) is 10.1 Å². The van der Waals surface area contributed by atoms with Gasteiger partial charge in [-0.1, -0.05) is 78.0 Å². The molecule has 2 aliphatic carbocycles. The fraction of sp³-hybridized carbons (Fsp3) is 0.500. The van der Waals surface area contributed by atoms with Crippen LogP contribution in [0.3, 0.4) is 0 Å². The Kier molecular flexibility index (Phi) is 3.39. The fourth-order valence-electron chi connectivity index (χ4n) is 5.74. The van der Waals surface area contributed by atoms with Crippen LogP contribution in [0.1, 0.15) is 47.6 Å². The van der Waals surface area contributed by atoms with Gasteiger partial charge in [-0.15, -0.1) is 0 Å². The van der Waals surface area contributed by atoms with Crippen molar-refractivity contribution in [2.24, 2.45) is 22.7 Å². The Morgan fingerprint density at radius 1 is 0.897 bits per heavy atom. The summed E-state index contributed by atoms with van der Waals surface area (Å²) in [5.74, 6) is 0.472. The fourth-order valence-corrected chi connectivity index (χ4v) is 5.74. The standard InChI is InChI=1S/C24H29N3O2/c1-22(2,3)18-14-24(23(4,5)6)17-13-12-16(17)19(18)26-20(28)25(21(29)27(24)26)15-10-8-7-9-11-15/h7-14,16-17,19H,1-6H3/t16-,17-,19-,24+/m1/s1. The molecule has 3 heterocycles. The molecule has 0 radical (unpaired) electrons. The first-order chi connectivity index (χ1) is 13.5. The molecule has 1 aromatic heterocycles. The number of rotatable bonds is 1. The minimum Gasteiger partial charge on any atom is -0.245 e. The topological polar surface area (TPSA) is 48.9 Å². The van der Waals surface area contributed by atoms with E-state index in [1.807, 2.05) is 30.3 Å². The van der Waals surface area contributed by atoms with E-state index in [1.54, 1.807) is 9.36 Å². The maximum atomic E-state index is 13.8. The molecule has 6 rings (SSSR count). The lowest BCUT2D eigenvalue weighted by Gasteiger charge is -2.63. The van der Waals surface area contributed by atoms with Crippen LogP contribution in [-0.4, -0.2) is 13.9 Å². The molecule has 0 saturated carbocycles. The molecule has 5 nitrogen and oxygen atoms in total. The van der Waals surface area contributed by atoms with Crippen LogP contribution in [0.5, 0.6) is 0 Å². The number of allylic oxidation sites excluding steroid dienone is 4. The van der Waals surface area contributed by atoms with Gasteiger partial charge in [-0.05, 0) is 28.5 Å². The highest BCUT2D eigenvalue weighted by Crippen LogP contribution is 2.63. The smallest absolute Gasteiger partial charge is 0.245 e. The summed E-state index contributed by atoms with van der Waals surface area (Å²) in [5, 5.41) is 0. The van der Waals surface area contributed by atoms with Gasteiger partial charge in [0.15, 0.2) is 0 Å². The third-order valence-electron chi connectivity index (χ3n) is 7.19. The Labute approximate surface area is 171 Å². The molecular weight excluding hydrogens is 362 g/mol. The SMILES string of the molecule is CC(C)(C)C1=C[C@@]2(C(C)(C)C)[C@@H]3C=C[C@H]3[C@H]1n1c(=O)n(-c3ccccc3)c(=O)n12. The van der Waals surface area contributed by atoms with Crippen molar-refractivity contribution in [1.29, 1.82) is 0 Å². The maximum Gasteiger partial charge on any atom is 0.352 e. The summed E-state index contributed by atoms with van der Waals surface area (Å²) in [6.45, 7) is 13.2. The number of para-hydroxylation sites is 1. The largest absolute Gasteiger partial charge is 0.352 e. The van der Waals surface area contributed by atoms with E-state index in [-0.39, 0.29) is 40.1 Å². The van der Waals surface area contributed by atoms with Gasteiger partial charge < -0.3 is 0 Å².